The van der Waals surface area contributed by atoms with Crippen molar-refractivity contribution in [2.24, 2.45) is 7.05 Å². The Morgan fingerprint density at radius 3 is 3.00 bits per heavy atom. The molecule has 4 aromatic rings. The lowest BCUT2D eigenvalue weighted by Gasteiger charge is -2.26. The number of aryl methyl sites for hydroxylation is 1. The summed E-state index contributed by atoms with van der Waals surface area (Å²) in [5, 5.41) is 11.5. The maximum Gasteiger partial charge on any atom is 0.262 e. The van der Waals surface area contributed by atoms with E-state index in [1.807, 2.05) is 40.0 Å². The third-order valence-electron chi connectivity index (χ3n) is 4.94. The lowest BCUT2D eigenvalue weighted by atomic mass is 10.1. The van der Waals surface area contributed by atoms with Crippen molar-refractivity contribution in [3.8, 4) is 0 Å². The van der Waals surface area contributed by atoms with Crippen molar-refractivity contribution < 1.29 is 0 Å². The summed E-state index contributed by atoms with van der Waals surface area (Å²) in [7, 11) is 1.75. The molecule has 0 saturated heterocycles. The van der Waals surface area contributed by atoms with Gasteiger partial charge in [0, 0.05) is 25.0 Å². The van der Waals surface area contributed by atoms with Crippen LogP contribution in [0.15, 0.2) is 40.5 Å². The van der Waals surface area contributed by atoms with Gasteiger partial charge in [0.1, 0.15) is 0 Å². The Bertz CT molecular complexity index is 1160. The molecule has 25 heavy (non-hydrogen) atoms. The zero-order valence-electron chi connectivity index (χ0n) is 13.8. The molecule has 5 rings (SSSR count). The maximum atomic E-state index is 12.5. The number of fused-ring (bicyclic) bond motifs is 4. The minimum absolute atomic E-state index is 0.0389. The molecule has 1 aliphatic heterocycles. The van der Waals surface area contributed by atoms with E-state index in [9.17, 15) is 4.79 Å². The van der Waals surface area contributed by atoms with E-state index in [2.05, 4.69) is 26.5 Å². The second-order valence-electron chi connectivity index (χ2n) is 6.46. The molecule has 7 heteroatoms. The quantitative estimate of drug-likeness (QED) is 0.556. The van der Waals surface area contributed by atoms with Gasteiger partial charge in [-0.1, -0.05) is 12.1 Å². The minimum atomic E-state index is -0.0389. The molecule has 0 fully saturated rings. The summed E-state index contributed by atoms with van der Waals surface area (Å²) in [5.41, 5.74) is 2.25. The van der Waals surface area contributed by atoms with E-state index in [-0.39, 0.29) is 5.56 Å². The molecule has 0 aliphatic carbocycles. The summed E-state index contributed by atoms with van der Waals surface area (Å²) >= 11 is 1.85. The third-order valence-corrected chi connectivity index (χ3v) is 5.97. The van der Waals surface area contributed by atoms with Crippen LogP contribution in [0.4, 0.5) is 0 Å². The Kier molecular flexibility index (Phi) is 3.26. The first kappa shape index (κ1) is 14.8. The topological polar surface area (TPSA) is 55.4 Å². The number of hydrogen-bond acceptors (Lipinski definition) is 5. The van der Waals surface area contributed by atoms with Crippen molar-refractivity contribution in [3.05, 3.63) is 62.3 Å². The monoisotopic (exact) mass is 351 g/mol. The standard InChI is InChI=1S/C18H17N5OS/c1-21-17(24)13-4-2-3-5-14(13)23-16(19-20-18(21)23)11-22-8-6-15-12(10-22)7-9-25-15/h2-5,7,9H,6,8,10-11H2,1H3. The van der Waals surface area contributed by atoms with Gasteiger partial charge in [-0.15, -0.1) is 21.5 Å². The minimum Gasteiger partial charge on any atom is -0.291 e. The predicted molar refractivity (Wildman–Crippen MR) is 97.9 cm³/mol. The van der Waals surface area contributed by atoms with Crippen LogP contribution in [-0.2, 0) is 26.6 Å². The molecule has 0 unspecified atom stereocenters. The smallest absolute Gasteiger partial charge is 0.262 e. The van der Waals surface area contributed by atoms with Crippen LogP contribution in [0.25, 0.3) is 16.7 Å². The van der Waals surface area contributed by atoms with Gasteiger partial charge in [-0.05, 0) is 35.6 Å². The van der Waals surface area contributed by atoms with Gasteiger partial charge in [-0.25, -0.2) is 0 Å². The molecule has 0 spiro atoms. The van der Waals surface area contributed by atoms with Crippen LogP contribution in [0.3, 0.4) is 0 Å². The van der Waals surface area contributed by atoms with Gasteiger partial charge >= 0.3 is 0 Å². The first-order chi connectivity index (χ1) is 12.2. The van der Waals surface area contributed by atoms with Crippen LogP contribution in [0, 0.1) is 0 Å². The van der Waals surface area contributed by atoms with Gasteiger partial charge < -0.3 is 0 Å². The molecule has 3 aromatic heterocycles. The Labute approximate surface area is 148 Å². The molecule has 0 N–H and O–H groups in total. The molecule has 1 aliphatic rings. The Hall–Kier alpha value is -2.51. The Morgan fingerprint density at radius 1 is 1.20 bits per heavy atom. The number of hydrogen-bond donors (Lipinski definition) is 0. The average molecular weight is 351 g/mol. The Balaban J connectivity index is 1.62. The largest absolute Gasteiger partial charge is 0.291 e. The number of nitrogens with zero attached hydrogens (tertiary/aromatic N) is 5. The lowest BCUT2D eigenvalue weighted by molar-refractivity contribution is 0.241. The van der Waals surface area contributed by atoms with E-state index < -0.39 is 0 Å². The molecule has 0 atom stereocenters. The number of thiophene rings is 1. The zero-order valence-corrected chi connectivity index (χ0v) is 14.7. The van der Waals surface area contributed by atoms with E-state index in [1.165, 1.54) is 10.4 Å². The molecule has 4 heterocycles. The molecule has 0 bridgehead atoms. The SMILES string of the molecule is Cn1c(=O)c2ccccc2n2c(CN3CCc4sccc4C3)nnc12. The second kappa shape index (κ2) is 5.50. The van der Waals surface area contributed by atoms with E-state index >= 15 is 0 Å². The van der Waals surface area contributed by atoms with Gasteiger partial charge in [-0.2, -0.15) is 0 Å². The zero-order chi connectivity index (χ0) is 17.0. The number of rotatable bonds is 2. The molecule has 1 aromatic carbocycles. The highest BCUT2D eigenvalue weighted by Crippen LogP contribution is 2.25. The van der Waals surface area contributed by atoms with Crippen LogP contribution in [0.2, 0.25) is 0 Å². The molecule has 126 valence electrons. The summed E-state index contributed by atoms with van der Waals surface area (Å²) in [4.78, 5) is 16.4. The normalized spacial score (nSPS) is 15.1. The second-order valence-corrected chi connectivity index (χ2v) is 7.46. The van der Waals surface area contributed by atoms with Gasteiger partial charge in [0.2, 0.25) is 5.78 Å². The third kappa shape index (κ3) is 2.23. The molecule has 0 saturated carbocycles. The summed E-state index contributed by atoms with van der Waals surface area (Å²) in [6.07, 6.45) is 1.09. The van der Waals surface area contributed by atoms with Crippen molar-refractivity contribution in [2.75, 3.05) is 6.54 Å². The van der Waals surface area contributed by atoms with Gasteiger partial charge in [0.15, 0.2) is 5.82 Å². The molecular formula is C18H17N5OS. The highest BCUT2D eigenvalue weighted by atomic mass is 32.1. The summed E-state index contributed by atoms with van der Waals surface area (Å²) in [5.74, 6) is 1.47. The fourth-order valence-electron chi connectivity index (χ4n) is 3.64. The van der Waals surface area contributed by atoms with Gasteiger partial charge in [0.05, 0.1) is 17.4 Å². The number of benzene rings is 1. The van der Waals surface area contributed by atoms with E-state index in [4.69, 9.17) is 0 Å². The fraction of sp³-hybridized carbons (Fsp3) is 0.278. The molecule has 0 radical (unpaired) electrons. The number of para-hydroxylation sites is 1. The van der Waals surface area contributed by atoms with E-state index in [0.717, 1.165) is 37.4 Å². The van der Waals surface area contributed by atoms with Crippen LogP contribution in [-0.4, -0.2) is 30.6 Å². The van der Waals surface area contributed by atoms with Crippen LogP contribution >= 0.6 is 11.3 Å². The Morgan fingerprint density at radius 2 is 2.08 bits per heavy atom. The van der Waals surface area contributed by atoms with Crippen LogP contribution in [0.5, 0.6) is 0 Å². The summed E-state index contributed by atoms with van der Waals surface area (Å²) < 4.78 is 3.59. The predicted octanol–water partition coefficient (Wildman–Crippen LogP) is 2.20. The average Bonchev–Trinajstić information content (AvgIpc) is 3.26. The van der Waals surface area contributed by atoms with Crippen LogP contribution in [0.1, 0.15) is 16.3 Å². The first-order valence-corrected chi connectivity index (χ1v) is 9.19. The lowest BCUT2D eigenvalue weighted by Crippen LogP contribution is -2.30. The highest BCUT2D eigenvalue weighted by molar-refractivity contribution is 7.10. The number of aromatic nitrogens is 4. The van der Waals surface area contributed by atoms with Crippen molar-refractivity contribution >= 4 is 28.0 Å². The van der Waals surface area contributed by atoms with Crippen LogP contribution < -0.4 is 5.56 Å². The van der Waals surface area contributed by atoms with Crippen molar-refractivity contribution in [1.29, 1.82) is 0 Å². The fourth-order valence-corrected chi connectivity index (χ4v) is 4.53. The summed E-state index contributed by atoms with van der Waals surface area (Å²) in [6, 6.07) is 9.88. The molecule has 6 nitrogen and oxygen atoms in total. The van der Waals surface area contributed by atoms with E-state index in [0.29, 0.717) is 11.2 Å². The van der Waals surface area contributed by atoms with Crippen molar-refractivity contribution in [2.45, 2.75) is 19.5 Å². The van der Waals surface area contributed by atoms with Gasteiger partial charge in [0.25, 0.3) is 5.56 Å². The summed E-state index contributed by atoms with van der Waals surface area (Å²) in [6.45, 7) is 2.68. The van der Waals surface area contributed by atoms with E-state index in [1.54, 1.807) is 11.6 Å². The first-order valence-electron chi connectivity index (χ1n) is 8.32. The van der Waals surface area contributed by atoms with Crippen molar-refractivity contribution in [3.63, 3.8) is 0 Å². The van der Waals surface area contributed by atoms with Crippen molar-refractivity contribution in [1.82, 2.24) is 24.1 Å². The molecule has 0 amide bonds. The maximum absolute atomic E-state index is 12.5. The molecular weight excluding hydrogens is 334 g/mol. The highest BCUT2D eigenvalue weighted by Gasteiger charge is 2.21. The van der Waals surface area contributed by atoms with Gasteiger partial charge in [-0.3, -0.25) is 18.7 Å².